The zero-order chi connectivity index (χ0) is 10.5. The molecule has 0 heteroatoms. The Morgan fingerprint density at radius 2 is 1.07 bits per heavy atom. The van der Waals surface area contributed by atoms with Gasteiger partial charge >= 0.3 is 0 Å². The van der Waals surface area contributed by atoms with Crippen LogP contribution in [-0.4, -0.2) is 0 Å². The van der Waals surface area contributed by atoms with E-state index in [1.165, 1.54) is 44.9 Å². The van der Waals surface area contributed by atoms with Crippen LogP contribution in [0.5, 0.6) is 0 Å². The van der Waals surface area contributed by atoms with Crippen molar-refractivity contribution in [2.45, 2.75) is 77.6 Å². The van der Waals surface area contributed by atoms with Crippen molar-refractivity contribution in [3.05, 3.63) is 0 Å². The largest absolute Gasteiger partial charge is 0.0625 e. The van der Waals surface area contributed by atoms with Gasteiger partial charge in [-0.15, -0.1) is 0 Å². The monoisotopic (exact) mass is 208 g/mol. The summed E-state index contributed by atoms with van der Waals surface area (Å²) in [4.78, 5) is 0. The molecule has 88 valence electrons. The fourth-order valence-corrected chi connectivity index (χ4v) is 3.76. The fourth-order valence-electron chi connectivity index (χ4n) is 3.76. The fraction of sp³-hybridized carbons (Fsp3) is 1.00. The van der Waals surface area contributed by atoms with Crippen LogP contribution >= 0.6 is 0 Å². The molecule has 0 aliphatic heterocycles. The van der Waals surface area contributed by atoms with Gasteiger partial charge in [-0.1, -0.05) is 71.1 Å². The molecule has 0 aromatic rings. The molecular formula is C15H28. The molecule has 0 amide bonds. The van der Waals surface area contributed by atoms with E-state index in [0.29, 0.717) is 0 Å². The zero-order valence-corrected chi connectivity index (χ0v) is 10.5. The van der Waals surface area contributed by atoms with Crippen LogP contribution in [0.15, 0.2) is 0 Å². The van der Waals surface area contributed by atoms with Crippen LogP contribution in [0, 0.1) is 17.8 Å². The summed E-state index contributed by atoms with van der Waals surface area (Å²) in [7, 11) is 0. The Morgan fingerprint density at radius 1 is 0.533 bits per heavy atom. The lowest BCUT2D eigenvalue weighted by molar-refractivity contribution is 0.196. The Bertz CT molecular complexity index is 167. The van der Waals surface area contributed by atoms with E-state index in [1.807, 2.05) is 0 Å². The normalized spacial score (nSPS) is 35.8. The molecular weight excluding hydrogens is 180 g/mol. The van der Waals surface area contributed by atoms with E-state index in [-0.39, 0.29) is 0 Å². The lowest BCUT2D eigenvalue weighted by Crippen LogP contribution is -2.20. The summed E-state index contributed by atoms with van der Waals surface area (Å²) in [5.74, 6) is 3.23. The first kappa shape index (κ1) is 11.5. The molecule has 0 N–H and O–H groups in total. The van der Waals surface area contributed by atoms with Crippen LogP contribution in [0.4, 0.5) is 0 Å². The van der Waals surface area contributed by atoms with Gasteiger partial charge in [-0.05, 0) is 24.2 Å². The van der Waals surface area contributed by atoms with E-state index in [4.69, 9.17) is 0 Å². The van der Waals surface area contributed by atoms with E-state index < -0.39 is 0 Å². The first-order valence-electron chi connectivity index (χ1n) is 7.36. The van der Waals surface area contributed by atoms with Gasteiger partial charge in [-0.3, -0.25) is 0 Å². The molecule has 2 aliphatic rings. The Balaban J connectivity index is 1.82. The molecule has 15 heavy (non-hydrogen) atoms. The number of hydrogen-bond acceptors (Lipinski definition) is 0. The van der Waals surface area contributed by atoms with Crippen LogP contribution in [-0.2, 0) is 0 Å². The molecule has 0 nitrogen and oxygen atoms in total. The molecule has 0 bridgehead atoms. The maximum absolute atomic E-state index is 2.46. The lowest BCUT2D eigenvalue weighted by Gasteiger charge is -2.32. The van der Waals surface area contributed by atoms with Gasteiger partial charge in [-0.25, -0.2) is 0 Å². The van der Waals surface area contributed by atoms with Crippen molar-refractivity contribution in [2.24, 2.45) is 17.8 Å². The maximum atomic E-state index is 2.46. The molecule has 2 aliphatic carbocycles. The van der Waals surface area contributed by atoms with Crippen LogP contribution in [0.1, 0.15) is 77.6 Å². The summed E-state index contributed by atoms with van der Waals surface area (Å²) in [5.41, 5.74) is 0. The molecule has 0 saturated heterocycles. The standard InChI is InChI=1S/C15H28/c1-13-7-5-6-10-15(12-11-13)14-8-3-2-4-9-14/h13-15H,2-12H2,1H3. The van der Waals surface area contributed by atoms with Crippen molar-refractivity contribution in [2.75, 3.05) is 0 Å². The lowest BCUT2D eigenvalue weighted by atomic mass is 9.73. The van der Waals surface area contributed by atoms with Crippen molar-refractivity contribution in [1.82, 2.24) is 0 Å². The van der Waals surface area contributed by atoms with Gasteiger partial charge in [0.1, 0.15) is 0 Å². The Kier molecular flexibility index (Phi) is 4.53. The summed E-state index contributed by atoms with van der Waals surface area (Å²) in [5, 5.41) is 0. The molecule has 2 saturated carbocycles. The third-order valence-electron chi connectivity index (χ3n) is 4.87. The van der Waals surface area contributed by atoms with Crippen molar-refractivity contribution in [3.8, 4) is 0 Å². The predicted octanol–water partition coefficient (Wildman–Crippen LogP) is 5.17. The minimum Gasteiger partial charge on any atom is -0.0625 e. The zero-order valence-electron chi connectivity index (χ0n) is 10.5. The first-order chi connectivity index (χ1) is 7.36. The third-order valence-corrected chi connectivity index (χ3v) is 4.87. The average molecular weight is 208 g/mol. The van der Waals surface area contributed by atoms with Crippen molar-refractivity contribution in [3.63, 3.8) is 0 Å². The predicted molar refractivity (Wildman–Crippen MR) is 66.9 cm³/mol. The molecule has 0 aromatic carbocycles. The molecule has 0 aromatic heterocycles. The van der Waals surface area contributed by atoms with E-state index in [9.17, 15) is 0 Å². The smallest absolute Gasteiger partial charge is 0.0386 e. The highest BCUT2D eigenvalue weighted by Crippen LogP contribution is 2.37. The molecule has 2 rings (SSSR count). The quantitative estimate of drug-likeness (QED) is 0.557. The molecule has 2 atom stereocenters. The first-order valence-corrected chi connectivity index (χ1v) is 7.36. The summed E-state index contributed by atoms with van der Waals surface area (Å²) in [6.45, 7) is 2.46. The van der Waals surface area contributed by atoms with Crippen LogP contribution in [0.3, 0.4) is 0 Å². The van der Waals surface area contributed by atoms with Gasteiger partial charge in [0.25, 0.3) is 0 Å². The molecule has 0 radical (unpaired) electrons. The summed E-state index contributed by atoms with van der Waals surface area (Å²) in [6, 6.07) is 0. The van der Waals surface area contributed by atoms with Crippen molar-refractivity contribution < 1.29 is 0 Å². The number of hydrogen-bond donors (Lipinski definition) is 0. The highest BCUT2D eigenvalue weighted by Gasteiger charge is 2.24. The number of rotatable bonds is 1. The van der Waals surface area contributed by atoms with Crippen molar-refractivity contribution >= 4 is 0 Å². The van der Waals surface area contributed by atoms with Gasteiger partial charge in [0.15, 0.2) is 0 Å². The Labute approximate surface area is 95.8 Å². The van der Waals surface area contributed by atoms with Gasteiger partial charge < -0.3 is 0 Å². The molecule has 2 fully saturated rings. The Hall–Kier alpha value is 0. The highest BCUT2D eigenvalue weighted by atomic mass is 14.3. The van der Waals surface area contributed by atoms with Crippen LogP contribution < -0.4 is 0 Å². The Morgan fingerprint density at radius 3 is 1.80 bits per heavy atom. The molecule has 0 heterocycles. The van der Waals surface area contributed by atoms with Crippen LogP contribution in [0.2, 0.25) is 0 Å². The molecule has 0 spiro atoms. The van der Waals surface area contributed by atoms with Gasteiger partial charge in [-0.2, -0.15) is 0 Å². The van der Waals surface area contributed by atoms with E-state index in [1.54, 1.807) is 25.7 Å². The summed E-state index contributed by atoms with van der Waals surface area (Å²) >= 11 is 0. The SMILES string of the molecule is CC1CCCCC(C2CCCCC2)CC1. The second-order valence-electron chi connectivity index (χ2n) is 6.13. The van der Waals surface area contributed by atoms with Crippen LogP contribution in [0.25, 0.3) is 0 Å². The summed E-state index contributed by atoms with van der Waals surface area (Å²) in [6.07, 6.45) is 16.8. The van der Waals surface area contributed by atoms with Crippen molar-refractivity contribution in [1.29, 1.82) is 0 Å². The topological polar surface area (TPSA) is 0 Å². The second kappa shape index (κ2) is 5.92. The maximum Gasteiger partial charge on any atom is -0.0386 e. The molecule has 2 unspecified atom stereocenters. The van der Waals surface area contributed by atoms with E-state index in [0.717, 1.165) is 17.8 Å². The third kappa shape index (κ3) is 3.50. The minimum absolute atomic E-state index is 1.01. The average Bonchev–Trinajstić information content (AvgIpc) is 2.25. The van der Waals surface area contributed by atoms with Gasteiger partial charge in [0.05, 0.1) is 0 Å². The van der Waals surface area contributed by atoms with Gasteiger partial charge in [0.2, 0.25) is 0 Å². The second-order valence-corrected chi connectivity index (χ2v) is 6.13. The van der Waals surface area contributed by atoms with E-state index in [2.05, 4.69) is 6.92 Å². The summed E-state index contributed by atoms with van der Waals surface area (Å²) < 4.78 is 0. The minimum atomic E-state index is 1.01. The highest BCUT2D eigenvalue weighted by molar-refractivity contribution is 4.76. The van der Waals surface area contributed by atoms with E-state index >= 15 is 0 Å². The van der Waals surface area contributed by atoms with Gasteiger partial charge in [0, 0.05) is 0 Å².